The third-order valence-corrected chi connectivity index (χ3v) is 4.22. The molecule has 0 atom stereocenters. The van der Waals surface area contributed by atoms with Crippen molar-refractivity contribution in [3.8, 4) is 0 Å². The first kappa shape index (κ1) is 15.1. The van der Waals surface area contributed by atoms with E-state index in [4.69, 9.17) is 28.9 Å². The van der Waals surface area contributed by atoms with Crippen molar-refractivity contribution < 1.29 is 4.79 Å². The van der Waals surface area contributed by atoms with E-state index < -0.39 is 5.91 Å². The molecule has 1 aromatic heterocycles. The minimum atomic E-state index is -0.418. The van der Waals surface area contributed by atoms with E-state index >= 15 is 0 Å². The van der Waals surface area contributed by atoms with Crippen LogP contribution in [0, 0.1) is 6.92 Å². The molecule has 0 fully saturated rings. The van der Waals surface area contributed by atoms with Gasteiger partial charge in [0, 0.05) is 16.4 Å². The maximum absolute atomic E-state index is 12.2. The van der Waals surface area contributed by atoms with Crippen LogP contribution in [-0.2, 0) is 0 Å². The zero-order chi connectivity index (χ0) is 14.9. The number of aromatic nitrogens is 1. The zero-order valence-corrected chi connectivity index (χ0v) is 13.5. The van der Waals surface area contributed by atoms with Gasteiger partial charge in [-0.3, -0.25) is 4.79 Å². The molecule has 1 aromatic carbocycles. The van der Waals surface area contributed by atoms with E-state index in [-0.39, 0.29) is 15.6 Å². The van der Waals surface area contributed by atoms with Crippen LogP contribution in [0.25, 0.3) is 0 Å². The van der Waals surface area contributed by atoms with Gasteiger partial charge >= 0.3 is 0 Å². The molecule has 4 nitrogen and oxygen atoms in total. The molecule has 1 heterocycles. The summed E-state index contributed by atoms with van der Waals surface area (Å²) in [5.74, 6) is 0.00346. The molecule has 20 heavy (non-hydrogen) atoms. The van der Waals surface area contributed by atoms with Crippen molar-refractivity contribution in [2.45, 2.75) is 6.92 Å². The van der Waals surface area contributed by atoms with Crippen molar-refractivity contribution in [2.24, 2.45) is 0 Å². The van der Waals surface area contributed by atoms with Crippen LogP contribution >= 0.6 is 39.1 Å². The molecular weight excluding hydrogens is 365 g/mol. The third-order valence-electron chi connectivity index (χ3n) is 2.58. The summed E-state index contributed by atoms with van der Waals surface area (Å²) in [4.78, 5) is 16.3. The summed E-state index contributed by atoms with van der Waals surface area (Å²) in [6, 6.07) is 4.70. The molecule has 3 N–H and O–H groups in total. The first-order valence-corrected chi connectivity index (χ1v) is 7.11. The Morgan fingerprint density at radius 3 is 2.70 bits per heavy atom. The first-order chi connectivity index (χ1) is 9.38. The van der Waals surface area contributed by atoms with E-state index in [2.05, 4.69) is 26.2 Å². The molecule has 2 aromatic rings. The van der Waals surface area contributed by atoms with E-state index in [9.17, 15) is 4.79 Å². The predicted octanol–water partition coefficient (Wildman–Crippen LogP) is 4.29. The number of aryl methyl sites for hydroxylation is 1. The summed E-state index contributed by atoms with van der Waals surface area (Å²) < 4.78 is 0.862. The number of anilines is 2. The van der Waals surface area contributed by atoms with Gasteiger partial charge in [-0.2, -0.15) is 0 Å². The number of nitrogens with zero attached hydrogens (tertiary/aromatic N) is 1. The second-order valence-electron chi connectivity index (χ2n) is 4.14. The number of carbonyl (C=O) groups excluding carboxylic acids is 1. The van der Waals surface area contributed by atoms with Gasteiger partial charge in [0.1, 0.15) is 5.82 Å². The third kappa shape index (κ3) is 3.23. The number of pyridine rings is 1. The first-order valence-electron chi connectivity index (χ1n) is 5.56. The summed E-state index contributed by atoms with van der Waals surface area (Å²) in [5, 5.41) is 3.04. The number of nitrogens with two attached hydrogens (primary N) is 1. The van der Waals surface area contributed by atoms with Crippen LogP contribution in [0.5, 0.6) is 0 Å². The van der Waals surface area contributed by atoms with Crippen LogP contribution in [0.1, 0.15) is 15.9 Å². The standard InChI is InChI=1S/C13H10BrCl2N3O/c1-6-2-11(18-5-9(6)14)19-13(20)8-3-7(17)4-10(15)12(8)16/h2-5H,17H2,1H3,(H,18,19,20). The van der Waals surface area contributed by atoms with Crippen molar-refractivity contribution in [1.82, 2.24) is 4.98 Å². The van der Waals surface area contributed by atoms with Crippen molar-refractivity contribution in [1.29, 1.82) is 0 Å². The van der Waals surface area contributed by atoms with Gasteiger partial charge in [-0.1, -0.05) is 23.2 Å². The highest BCUT2D eigenvalue weighted by Crippen LogP contribution is 2.29. The monoisotopic (exact) mass is 373 g/mol. The molecule has 0 spiro atoms. The number of nitrogens with one attached hydrogen (secondary N) is 1. The topological polar surface area (TPSA) is 68.0 Å². The summed E-state index contributed by atoms with van der Waals surface area (Å²) in [5.41, 5.74) is 7.18. The molecule has 0 saturated carbocycles. The number of amides is 1. The summed E-state index contributed by atoms with van der Waals surface area (Å²) in [6.07, 6.45) is 1.61. The number of hydrogen-bond acceptors (Lipinski definition) is 3. The minimum absolute atomic E-state index is 0.159. The molecular formula is C13H10BrCl2N3O. The Morgan fingerprint density at radius 2 is 2.05 bits per heavy atom. The van der Waals surface area contributed by atoms with Crippen LogP contribution in [0.4, 0.5) is 11.5 Å². The van der Waals surface area contributed by atoms with Gasteiger partial charge in [0.25, 0.3) is 5.91 Å². The Labute approximate surface area is 134 Å². The fraction of sp³-hybridized carbons (Fsp3) is 0.0769. The maximum atomic E-state index is 12.2. The highest BCUT2D eigenvalue weighted by atomic mass is 79.9. The molecule has 0 unspecified atom stereocenters. The number of carbonyl (C=O) groups is 1. The summed E-state index contributed by atoms with van der Waals surface area (Å²) in [7, 11) is 0. The normalized spacial score (nSPS) is 10.4. The smallest absolute Gasteiger partial charge is 0.258 e. The van der Waals surface area contributed by atoms with Crippen molar-refractivity contribution >= 4 is 56.5 Å². The van der Waals surface area contributed by atoms with Gasteiger partial charge in [0.05, 0.1) is 15.6 Å². The average Bonchev–Trinajstić information content (AvgIpc) is 2.38. The maximum Gasteiger partial charge on any atom is 0.258 e. The molecule has 7 heteroatoms. The van der Waals surface area contributed by atoms with Gasteiger partial charge in [0.15, 0.2) is 0 Å². The minimum Gasteiger partial charge on any atom is -0.399 e. The number of nitrogen functional groups attached to an aromatic ring is 1. The van der Waals surface area contributed by atoms with Crippen LogP contribution in [0.2, 0.25) is 10.0 Å². The summed E-state index contributed by atoms with van der Waals surface area (Å²) >= 11 is 15.2. The highest BCUT2D eigenvalue weighted by Gasteiger charge is 2.15. The van der Waals surface area contributed by atoms with E-state index in [0.29, 0.717) is 11.5 Å². The SMILES string of the molecule is Cc1cc(NC(=O)c2cc(N)cc(Cl)c2Cl)ncc1Br. The zero-order valence-electron chi connectivity index (χ0n) is 10.4. The number of halogens is 3. The molecule has 0 saturated heterocycles. The second-order valence-corrected chi connectivity index (χ2v) is 5.78. The number of rotatable bonds is 2. The molecule has 104 valence electrons. The quantitative estimate of drug-likeness (QED) is 0.770. The Morgan fingerprint density at radius 1 is 1.35 bits per heavy atom. The predicted molar refractivity (Wildman–Crippen MR) is 85.5 cm³/mol. The van der Waals surface area contributed by atoms with Gasteiger partial charge in [0.2, 0.25) is 0 Å². The molecule has 0 aliphatic carbocycles. The lowest BCUT2D eigenvalue weighted by Crippen LogP contribution is -2.14. The molecule has 0 bridgehead atoms. The van der Waals surface area contributed by atoms with Crippen LogP contribution in [0.15, 0.2) is 28.9 Å². The largest absolute Gasteiger partial charge is 0.399 e. The van der Waals surface area contributed by atoms with Crippen LogP contribution in [-0.4, -0.2) is 10.9 Å². The van der Waals surface area contributed by atoms with Crippen LogP contribution in [0.3, 0.4) is 0 Å². The highest BCUT2D eigenvalue weighted by molar-refractivity contribution is 9.10. The van der Waals surface area contributed by atoms with Gasteiger partial charge in [-0.05, 0) is 46.6 Å². The van der Waals surface area contributed by atoms with Crippen molar-refractivity contribution in [3.05, 3.63) is 50.0 Å². The Kier molecular flexibility index (Phi) is 4.52. The summed E-state index contributed by atoms with van der Waals surface area (Å²) in [6.45, 7) is 1.89. The molecule has 1 amide bonds. The molecule has 0 aliphatic heterocycles. The molecule has 0 radical (unpaired) electrons. The number of hydrogen-bond donors (Lipinski definition) is 2. The molecule has 2 rings (SSSR count). The van der Waals surface area contributed by atoms with Gasteiger partial charge in [-0.15, -0.1) is 0 Å². The lowest BCUT2D eigenvalue weighted by molar-refractivity contribution is 0.102. The van der Waals surface area contributed by atoms with E-state index in [1.165, 1.54) is 12.1 Å². The Balaban J connectivity index is 2.30. The average molecular weight is 375 g/mol. The van der Waals surface area contributed by atoms with Gasteiger partial charge in [-0.25, -0.2) is 4.98 Å². The fourth-order valence-electron chi connectivity index (χ4n) is 1.57. The lowest BCUT2D eigenvalue weighted by Gasteiger charge is -2.09. The Bertz CT molecular complexity index is 692. The van der Waals surface area contributed by atoms with Gasteiger partial charge < -0.3 is 11.1 Å². The van der Waals surface area contributed by atoms with E-state index in [0.717, 1.165) is 10.0 Å². The van der Waals surface area contributed by atoms with E-state index in [1.54, 1.807) is 12.3 Å². The van der Waals surface area contributed by atoms with Crippen molar-refractivity contribution in [2.75, 3.05) is 11.1 Å². The Hall–Kier alpha value is -1.30. The second kappa shape index (κ2) is 5.99. The molecule has 0 aliphatic rings. The lowest BCUT2D eigenvalue weighted by atomic mass is 10.2. The van der Waals surface area contributed by atoms with E-state index in [1.807, 2.05) is 6.92 Å². The van der Waals surface area contributed by atoms with Crippen molar-refractivity contribution in [3.63, 3.8) is 0 Å². The van der Waals surface area contributed by atoms with Crippen LogP contribution < -0.4 is 11.1 Å². The fourth-order valence-corrected chi connectivity index (χ4v) is 2.21. The number of benzene rings is 1.